The summed E-state index contributed by atoms with van der Waals surface area (Å²) >= 11 is 6.02. The largest absolute Gasteiger partial charge is 0.435 e. The predicted molar refractivity (Wildman–Crippen MR) is 107 cm³/mol. The standard InChI is InChI=1S/C21H22ClN3O2/c1-3-25(13-20(26)24-18-11-17(22)10-9-15(18)2)14-21-23-12-19(27-21)16-7-5-4-6-8-16/h4-12H,3,13-14H2,1-2H3,(H,24,26)/p+1. The van der Waals surface area contributed by atoms with Crippen LogP contribution in [0.3, 0.4) is 0 Å². The van der Waals surface area contributed by atoms with E-state index in [0.29, 0.717) is 24.0 Å². The van der Waals surface area contributed by atoms with E-state index in [0.717, 1.165) is 34.0 Å². The fourth-order valence-corrected chi connectivity index (χ4v) is 2.98. The molecule has 0 spiro atoms. The van der Waals surface area contributed by atoms with Gasteiger partial charge in [-0.15, -0.1) is 0 Å². The van der Waals surface area contributed by atoms with Crippen molar-refractivity contribution in [3.8, 4) is 11.3 Å². The molecule has 0 radical (unpaired) electrons. The molecule has 1 heterocycles. The van der Waals surface area contributed by atoms with Gasteiger partial charge in [-0.2, -0.15) is 0 Å². The van der Waals surface area contributed by atoms with Crippen LogP contribution in [0.2, 0.25) is 5.02 Å². The molecule has 3 rings (SSSR count). The van der Waals surface area contributed by atoms with E-state index in [1.807, 2.05) is 56.3 Å². The van der Waals surface area contributed by atoms with Crippen LogP contribution in [0.5, 0.6) is 0 Å². The van der Waals surface area contributed by atoms with E-state index < -0.39 is 0 Å². The Morgan fingerprint density at radius 3 is 2.74 bits per heavy atom. The van der Waals surface area contributed by atoms with Gasteiger partial charge in [0.05, 0.1) is 12.7 Å². The summed E-state index contributed by atoms with van der Waals surface area (Å²) < 4.78 is 5.86. The molecule has 6 heteroatoms. The number of amides is 1. The Morgan fingerprint density at radius 1 is 1.22 bits per heavy atom. The number of rotatable bonds is 7. The summed E-state index contributed by atoms with van der Waals surface area (Å²) in [6.07, 6.45) is 1.73. The third-order valence-corrected chi connectivity index (χ3v) is 4.63. The highest BCUT2D eigenvalue weighted by atomic mass is 35.5. The number of carbonyl (C=O) groups excluding carboxylic acids is 1. The summed E-state index contributed by atoms with van der Waals surface area (Å²) in [4.78, 5) is 17.9. The number of nitrogens with zero attached hydrogens (tertiary/aromatic N) is 1. The van der Waals surface area contributed by atoms with Gasteiger partial charge >= 0.3 is 0 Å². The molecule has 5 nitrogen and oxygen atoms in total. The topological polar surface area (TPSA) is 59.6 Å². The van der Waals surface area contributed by atoms with Crippen molar-refractivity contribution in [3.05, 3.63) is 71.2 Å². The van der Waals surface area contributed by atoms with Crippen molar-refractivity contribution in [2.45, 2.75) is 20.4 Å². The van der Waals surface area contributed by atoms with E-state index in [2.05, 4.69) is 10.3 Å². The van der Waals surface area contributed by atoms with Gasteiger partial charge in [0.25, 0.3) is 11.8 Å². The molecule has 1 unspecified atom stereocenters. The molecule has 3 aromatic rings. The number of aryl methyl sites for hydroxylation is 1. The third kappa shape index (κ3) is 5.18. The van der Waals surface area contributed by atoms with Crippen LogP contribution in [0.15, 0.2) is 59.1 Å². The van der Waals surface area contributed by atoms with E-state index in [-0.39, 0.29) is 5.91 Å². The summed E-state index contributed by atoms with van der Waals surface area (Å²) in [6.45, 7) is 5.63. The SMILES string of the molecule is CC[NH+](CC(=O)Nc1cc(Cl)ccc1C)Cc1ncc(-c2ccccc2)o1. The third-order valence-electron chi connectivity index (χ3n) is 4.40. The van der Waals surface area contributed by atoms with E-state index in [1.165, 1.54) is 0 Å². The Bertz CT molecular complexity index is 909. The zero-order valence-corrected chi connectivity index (χ0v) is 16.2. The normalized spacial score (nSPS) is 12.0. The van der Waals surface area contributed by atoms with Crippen LogP contribution in [-0.2, 0) is 11.3 Å². The van der Waals surface area contributed by atoms with Gasteiger partial charge in [0, 0.05) is 16.3 Å². The Hall–Kier alpha value is -2.63. The number of halogens is 1. The number of hydrogen-bond acceptors (Lipinski definition) is 3. The fraction of sp³-hybridized carbons (Fsp3) is 0.238. The van der Waals surface area contributed by atoms with Crippen LogP contribution >= 0.6 is 11.6 Å². The summed E-state index contributed by atoms with van der Waals surface area (Å²) in [7, 11) is 0. The Labute approximate surface area is 164 Å². The van der Waals surface area contributed by atoms with Crippen molar-refractivity contribution >= 4 is 23.2 Å². The van der Waals surface area contributed by atoms with Crippen molar-refractivity contribution in [2.24, 2.45) is 0 Å². The highest BCUT2D eigenvalue weighted by molar-refractivity contribution is 6.31. The summed E-state index contributed by atoms with van der Waals surface area (Å²) in [5.74, 6) is 1.30. The first-order valence-electron chi connectivity index (χ1n) is 8.95. The minimum absolute atomic E-state index is 0.0629. The molecule has 0 aliphatic rings. The molecule has 2 N–H and O–H groups in total. The van der Waals surface area contributed by atoms with Crippen molar-refractivity contribution in [1.29, 1.82) is 0 Å². The van der Waals surface area contributed by atoms with E-state index in [9.17, 15) is 4.79 Å². The number of nitrogens with one attached hydrogen (secondary N) is 2. The highest BCUT2D eigenvalue weighted by Gasteiger charge is 2.17. The summed E-state index contributed by atoms with van der Waals surface area (Å²) in [5.41, 5.74) is 2.71. The number of benzene rings is 2. The Balaban J connectivity index is 1.61. The van der Waals surface area contributed by atoms with E-state index in [4.69, 9.17) is 16.0 Å². The van der Waals surface area contributed by atoms with E-state index >= 15 is 0 Å². The predicted octanol–water partition coefficient (Wildman–Crippen LogP) is 3.35. The van der Waals surface area contributed by atoms with Crippen LogP contribution < -0.4 is 10.2 Å². The van der Waals surface area contributed by atoms with Gasteiger partial charge in [-0.1, -0.05) is 48.0 Å². The highest BCUT2D eigenvalue weighted by Crippen LogP contribution is 2.20. The Morgan fingerprint density at radius 2 is 2.00 bits per heavy atom. The molecule has 1 atom stereocenters. The first kappa shape index (κ1) is 19.1. The van der Waals surface area contributed by atoms with Crippen LogP contribution in [0, 0.1) is 6.92 Å². The number of likely N-dealkylation sites (N-methyl/N-ethyl adjacent to an activating group) is 1. The number of aromatic nitrogens is 1. The minimum Gasteiger partial charge on any atom is -0.435 e. The fourth-order valence-electron chi connectivity index (χ4n) is 2.80. The van der Waals surface area contributed by atoms with E-state index in [1.54, 1.807) is 12.3 Å². The van der Waals surface area contributed by atoms with Crippen molar-refractivity contribution in [3.63, 3.8) is 0 Å². The number of quaternary nitrogens is 1. The average molecular weight is 385 g/mol. The quantitative estimate of drug-likeness (QED) is 0.656. The molecule has 1 aromatic heterocycles. The van der Waals surface area contributed by atoms with Gasteiger partial charge in [-0.3, -0.25) is 4.79 Å². The van der Waals surface area contributed by atoms with Gasteiger partial charge in [0.2, 0.25) is 0 Å². The smallest absolute Gasteiger partial charge is 0.279 e. The van der Waals surface area contributed by atoms with Crippen LogP contribution in [0.1, 0.15) is 18.4 Å². The number of anilines is 1. The lowest BCUT2D eigenvalue weighted by molar-refractivity contribution is -0.905. The lowest BCUT2D eigenvalue weighted by Gasteiger charge is -2.16. The monoisotopic (exact) mass is 384 g/mol. The van der Waals surface area contributed by atoms with Crippen LogP contribution in [-0.4, -0.2) is 24.0 Å². The molecule has 0 fully saturated rings. The molecular formula is C21H23ClN3O2+. The first-order chi connectivity index (χ1) is 13.0. The molecule has 0 saturated heterocycles. The van der Waals surface area contributed by atoms with Gasteiger partial charge < -0.3 is 14.6 Å². The van der Waals surface area contributed by atoms with Gasteiger partial charge in [0.15, 0.2) is 18.8 Å². The summed E-state index contributed by atoms with van der Waals surface area (Å²) in [5, 5.41) is 3.54. The maximum absolute atomic E-state index is 12.4. The minimum atomic E-state index is -0.0629. The zero-order valence-electron chi connectivity index (χ0n) is 15.5. The average Bonchev–Trinajstić information content (AvgIpc) is 3.13. The number of oxazole rings is 1. The van der Waals surface area contributed by atoms with Crippen molar-refractivity contribution < 1.29 is 14.1 Å². The molecule has 0 bridgehead atoms. The Kier molecular flexibility index (Phi) is 6.27. The molecule has 0 aliphatic carbocycles. The number of hydrogen-bond donors (Lipinski definition) is 2. The second-order valence-electron chi connectivity index (χ2n) is 6.45. The molecule has 2 aromatic carbocycles. The lowest BCUT2D eigenvalue weighted by Crippen LogP contribution is -3.11. The van der Waals surface area contributed by atoms with Crippen LogP contribution in [0.25, 0.3) is 11.3 Å². The van der Waals surface area contributed by atoms with Gasteiger partial charge in [-0.25, -0.2) is 4.98 Å². The second-order valence-corrected chi connectivity index (χ2v) is 6.89. The molecule has 0 saturated carbocycles. The molecular weight excluding hydrogens is 362 g/mol. The molecule has 140 valence electrons. The van der Waals surface area contributed by atoms with Gasteiger partial charge in [0.1, 0.15) is 0 Å². The zero-order chi connectivity index (χ0) is 19.2. The van der Waals surface area contributed by atoms with Crippen LogP contribution in [0.4, 0.5) is 5.69 Å². The molecule has 27 heavy (non-hydrogen) atoms. The molecule has 1 amide bonds. The second kappa shape index (κ2) is 8.84. The molecule has 0 aliphatic heterocycles. The number of carbonyl (C=O) groups is 1. The van der Waals surface area contributed by atoms with Crippen molar-refractivity contribution in [1.82, 2.24) is 4.98 Å². The lowest BCUT2D eigenvalue weighted by atomic mass is 10.2. The summed E-state index contributed by atoms with van der Waals surface area (Å²) in [6, 6.07) is 15.3. The first-order valence-corrected chi connectivity index (χ1v) is 9.32. The van der Waals surface area contributed by atoms with Crippen molar-refractivity contribution in [2.75, 3.05) is 18.4 Å². The maximum atomic E-state index is 12.4. The van der Waals surface area contributed by atoms with Gasteiger partial charge in [-0.05, 0) is 31.5 Å². The maximum Gasteiger partial charge on any atom is 0.279 e.